The molecule has 2 aromatic heterocycles. The van der Waals surface area contributed by atoms with Gasteiger partial charge in [-0.05, 0) is 12.5 Å². The van der Waals surface area contributed by atoms with Gasteiger partial charge in [0.2, 0.25) is 5.65 Å². The van der Waals surface area contributed by atoms with Crippen molar-refractivity contribution in [2.75, 3.05) is 0 Å². The standard InChI is InChI=1S/C15H13N5O3/c1-10(11-5-3-2-4-6-11)18-15(21)12-7-16-14-13(20(22)23)8-17-19(14)9-12/h2-10H,1H3,(H,18,21)/t10-/m0/s1. The quantitative estimate of drug-likeness (QED) is 0.587. The van der Waals surface area contributed by atoms with Gasteiger partial charge in [-0.15, -0.1) is 0 Å². The second kappa shape index (κ2) is 5.84. The lowest BCUT2D eigenvalue weighted by molar-refractivity contribution is -0.383. The molecule has 0 spiro atoms. The molecule has 0 radical (unpaired) electrons. The highest BCUT2D eigenvalue weighted by Crippen LogP contribution is 2.17. The summed E-state index contributed by atoms with van der Waals surface area (Å²) in [5, 5.41) is 17.5. The van der Waals surface area contributed by atoms with Crippen LogP contribution in [-0.4, -0.2) is 25.4 Å². The fourth-order valence-corrected chi connectivity index (χ4v) is 2.21. The van der Waals surface area contributed by atoms with E-state index in [2.05, 4.69) is 15.4 Å². The Bertz CT molecular complexity index is 875. The maximum Gasteiger partial charge on any atom is 0.333 e. The largest absolute Gasteiger partial charge is 0.345 e. The molecule has 0 aliphatic carbocycles. The third-order valence-corrected chi connectivity index (χ3v) is 3.44. The lowest BCUT2D eigenvalue weighted by Gasteiger charge is -2.14. The molecule has 23 heavy (non-hydrogen) atoms. The van der Waals surface area contributed by atoms with Crippen molar-refractivity contribution in [2.24, 2.45) is 0 Å². The summed E-state index contributed by atoms with van der Waals surface area (Å²) in [5.74, 6) is -0.325. The molecule has 0 bridgehead atoms. The molecule has 8 heteroatoms. The van der Waals surface area contributed by atoms with Gasteiger partial charge in [-0.25, -0.2) is 9.50 Å². The van der Waals surface area contributed by atoms with E-state index in [0.29, 0.717) is 0 Å². The zero-order chi connectivity index (χ0) is 16.4. The van der Waals surface area contributed by atoms with Crippen LogP contribution in [-0.2, 0) is 0 Å². The van der Waals surface area contributed by atoms with Gasteiger partial charge in [-0.1, -0.05) is 30.3 Å². The number of nitro groups is 1. The summed E-state index contributed by atoms with van der Waals surface area (Å²) in [6.07, 6.45) is 3.83. The Labute approximate surface area is 130 Å². The molecule has 3 rings (SSSR count). The third-order valence-electron chi connectivity index (χ3n) is 3.44. The first kappa shape index (κ1) is 14.6. The minimum absolute atomic E-state index is 0.0997. The first-order valence-corrected chi connectivity index (χ1v) is 6.90. The Morgan fingerprint density at radius 3 is 2.74 bits per heavy atom. The van der Waals surface area contributed by atoms with Crippen molar-refractivity contribution in [2.45, 2.75) is 13.0 Å². The fraction of sp³-hybridized carbons (Fsp3) is 0.133. The molecule has 3 aromatic rings. The SMILES string of the molecule is C[C@H](NC(=O)c1cnc2c([N+](=O)[O-])cnn2c1)c1ccccc1. The average molecular weight is 311 g/mol. The van der Waals surface area contributed by atoms with E-state index < -0.39 is 4.92 Å². The second-order valence-electron chi connectivity index (χ2n) is 5.00. The molecule has 1 N–H and O–H groups in total. The lowest BCUT2D eigenvalue weighted by Crippen LogP contribution is -2.27. The van der Waals surface area contributed by atoms with Crippen LogP contribution in [0.15, 0.2) is 48.9 Å². The Morgan fingerprint density at radius 1 is 1.30 bits per heavy atom. The number of rotatable bonds is 4. The highest BCUT2D eigenvalue weighted by molar-refractivity contribution is 5.94. The highest BCUT2D eigenvalue weighted by Gasteiger charge is 2.18. The van der Waals surface area contributed by atoms with Crippen LogP contribution in [0.5, 0.6) is 0 Å². The molecule has 2 heterocycles. The maximum absolute atomic E-state index is 12.3. The molecule has 1 atom stereocenters. The van der Waals surface area contributed by atoms with Crippen LogP contribution < -0.4 is 5.32 Å². The molecule has 0 aliphatic heterocycles. The van der Waals surface area contributed by atoms with E-state index in [1.165, 1.54) is 16.9 Å². The average Bonchev–Trinajstić information content (AvgIpc) is 2.98. The van der Waals surface area contributed by atoms with Gasteiger partial charge in [0.1, 0.15) is 6.20 Å². The number of hydrogen-bond acceptors (Lipinski definition) is 5. The van der Waals surface area contributed by atoms with Crippen LogP contribution in [0.3, 0.4) is 0 Å². The minimum atomic E-state index is -0.563. The monoisotopic (exact) mass is 311 g/mol. The number of benzene rings is 1. The van der Waals surface area contributed by atoms with Crippen LogP contribution in [0.2, 0.25) is 0 Å². The van der Waals surface area contributed by atoms with Crippen LogP contribution in [0, 0.1) is 10.1 Å². The number of hydrogen-bond donors (Lipinski definition) is 1. The van der Waals surface area contributed by atoms with Gasteiger partial charge in [0, 0.05) is 12.4 Å². The first-order chi connectivity index (χ1) is 11.1. The van der Waals surface area contributed by atoms with Crippen molar-refractivity contribution in [3.63, 3.8) is 0 Å². The summed E-state index contributed by atoms with van der Waals surface area (Å²) < 4.78 is 1.22. The topological polar surface area (TPSA) is 102 Å². The molecule has 0 saturated carbocycles. The van der Waals surface area contributed by atoms with E-state index >= 15 is 0 Å². The molecule has 1 amide bonds. The number of carbonyl (C=O) groups excluding carboxylic acids is 1. The summed E-state index contributed by atoms with van der Waals surface area (Å²) in [6, 6.07) is 9.36. The van der Waals surface area contributed by atoms with E-state index in [0.717, 1.165) is 11.8 Å². The number of fused-ring (bicyclic) bond motifs is 1. The summed E-state index contributed by atoms with van der Waals surface area (Å²) in [5.41, 5.74) is 1.15. The minimum Gasteiger partial charge on any atom is -0.345 e. The predicted molar refractivity (Wildman–Crippen MR) is 82.0 cm³/mol. The van der Waals surface area contributed by atoms with E-state index in [9.17, 15) is 14.9 Å². The third kappa shape index (κ3) is 2.86. The van der Waals surface area contributed by atoms with Crippen LogP contribution in [0.1, 0.15) is 28.9 Å². The summed E-state index contributed by atoms with van der Waals surface area (Å²) in [4.78, 5) is 26.5. The molecule has 0 fully saturated rings. The summed E-state index contributed by atoms with van der Waals surface area (Å²) >= 11 is 0. The molecule has 0 unspecified atom stereocenters. The van der Waals surface area contributed by atoms with Gasteiger partial charge in [0.15, 0.2) is 0 Å². The molecular weight excluding hydrogens is 298 g/mol. The smallest absolute Gasteiger partial charge is 0.333 e. The Hall–Kier alpha value is -3.29. The summed E-state index contributed by atoms with van der Waals surface area (Å²) in [7, 11) is 0. The van der Waals surface area contributed by atoms with Crippen molar-refractivity contribution < 1.29 is 9.72 Å². The van der Waals surface area contributed by atoms with Gasteiger partial charge < -0.3 is 5.32 Å². The van der Waals surface area contributed by atoms with E-state index in [4.69, 9.17) is 0 Å². The molecule has 0 saturated heterocycles. The Kier molecular flexibility index (Phi) is 3.71. The lowest BCUT2D eigenvalue weighted by atomic mass is 10.1. The van der Waals surface area contributed by atoms with E-state index in [-0.39, 0.29) is 28.8 Å². The van der Waals surface area contributed by atoms with Crippen LogP contribution >= 0.6 is 0 Å². The van der Waals surface area contributed by atoms with Crippen LogP contribution in [0.25, 0.3) is 5.65 Å². The zero-order valence-corrected chi connectivity index (χ0v) is 12.2. The number of carbonyl (C=O) groups is 1. The number of nitrogens with zero attached hydrogens (tertiary/aromatic N) is 4. The molecular formula is C15H13N5O3. The van der Waals surface area contributed by atoms with Gasteiger partial charge in [0.25, 0.3) is 5.91 Å². The van der Waals surface area contributed by atoms with Crippen molar-refractivity contribution in [3.05, 3.63) is 70.2 Å². The van der Waals surface area contributed by atoms with E-state index in [1.54, 1.807) is 0 Å². The fourth-order valence-electron chi connectivity index (χ4n) is 2.21. The number of aromatic nitrogens is 3. The maximum atomic E-state index is 12.3. The van der Waals surface area contributed by atoms with Crippen molar-refractivity contribution >= 4 is 17.2 Å². The zero-order valence-electron chi connectivity index (χ0n) is 12.2. The first-order valence-electron chi connectivity index (χ1n) is 6.90. The normalized spacial score (nSPS) is 12.0. The van der Waals surface area contributed by atoms with Gasteiger partial charge >= 0.3 is 5.69 Å². The Morgan fingerprint density at radius 2 is 2.04 bits per heavy atom. The Balaban J connectivity index is 1.82. The predicted octanol–water partition coefficient (Wildman–Crippen LogP) is 2.13. The van der Waals surface area contributed by atoms with Crippen LogP contribution in [0.4, 0.5) is 5.69 Å². The molecule has 116 valence electrons. The number of amides is 1. The van der Waals surface area contributed by atoms with Crippen molar-refractivity contribution in [3.8, 4) is 0 Å². The molecule has 8 nitrogen and oxygen atoms in total. The van der Waals surface area contributed by atoms with Crippen molar-refractivity contribution in [1.29, 1.82) is 0 Å². The second-order valence-corrected chi connectivity index (χ2v) is 5.00. The molecule has 0 aliphatic rings. The van der Waals surface area contributed by atoms with Gasteiger partial charge in [0.05, 0.1) is 16.5 Å². The highest BCUT2D eigenvalue weighted by atomic mass is 16.6. The number of nitrogens with one attached hydrogen (secondary N) is 1. The van der Waals surface area contributed by atoms with Crippen molar-refractivity contribution in [1.82, 2.24) is 19.9 Å². The summed E-state index contributed by atoms with van der Waals surface area (Å²) in [6.45, 7) is 1.87. The van der Waals surface area contributed by atoms with E-state index in [1.807, 2.05) is 37.3 Å². The molecule has 1 aromatic carbocycles. The van der Waals surface area contributed by atoms with Gasteiger partial charge in [-0.2, -0.15) is 5.10 Å². The van der Waals surface area contributed by atoms with Gasteiger partial charge in [-0.3, -0.25) is 14.9 Å².